The van der Waals surface area contributed by atoms with Crippen LogP contribution >= 0.6 is 0 Å². The average molecular weight is 576 g/mol. The molecule has 0 atom stereocenters. The molecule has 0 aliphatic carbocycles. The number of rotatable bonds is 9. The summed E-state index contributed by atoms with van der Waals surface area (Å²) in [4.78, 5) is 20.3. The molecule has 3 aromatic carbocycles. The SMILES string of the molecule is CC.CCCn1c(Cc2cc(F)c(-c3cccc(OCc4ccc(C)cc4F)n3)cc2F)nc2ccc(C(=O)O)cc21. The number of benzene rings is 3. The lowest BCUT2D eigenvalue weighted by atomic mass is 10.0. The van der Waals surface area contributed by atoms with Gasteiger partial charge in [-0.15, -0.1) is 0 Å². The lowest BCUT2D eigenvalue weighted by Crippen LogP contribution is -2.06. The number of ether oxygens (including phenoxy) is 1. The Morgan fingerprint density at radius 3 is 2.38 bits per heavy atom. The molecule has 0 radical (unpaired) electrons. The second-order valence-corrected chi connectivity index (χ2v) is 9.53. The van der Waals surface area contributed by atoms with Crippen molar-refractivity contribution in [2.24, 2.45) is 0 Å². The van der Waals surface area contributed by atoms with Gasteiger partial charge in [0.05, 0.1) is 22.3 Å². The van der Waals surface area contributed by atoms with Crippen LogP contribution in [-0.4, -0.2) is 25.6 Å². The molecule has 1 N–H and O–H groups in total. The third-order valence-electron chi connectivity index (χ3n) is 6.59. The van der Waals surface area contributed by atoms with Crippen LogP contribution in [0.4, 0.5) is 13.2 Å². The van der Waals surface area contributed by atoms with Gasteiger partial charge in [-0.05, 0) is 66.9 Å². The van der Waals surface area contributed by atoms with Gasteiger partial charge in [0.1, 0.15) is 29.9 Å². The number of pyridine rings is 1. The number of carbonyl (C=O) groups is 1. The molecule has 0 unspecified atom stereocenters. The fourth-order valence-corrected chi connectivity index (χ4v) is 4.57. The Labute approximate surface area is 242 Å². The van der Waals surface area contributed by atoms with Crippen LogP contribution in [0.25, 0.3) is 22.3 Å². The Bertz CT molecular complexity index is 1730. The van der Waals surface area contributed by atoms with Crippen molar-refractivity contribution in [3.63, 3.8) is 0 Å². The first-order chi connectivity index (χ1) is 20.2. The maximum absolute atomic E-state index is 15.3. The number of aromatic carboxylic acids is 1. The molecule has 0 spiro atoms. The Hall–Kier alpha value is -4.66. The van der Waals surface area contributed by atoms with Crippen molar-refractivity contribution in [1.29, 1.82) is 0 Å². The lowest BCUT2D eigenvalue weighted by Gasteiger charge is -2.12. The summed E-state index contributed by atoms with van der Waals surface area (Å²) in [6.45, 7) is 8.23. The van der Waals surface area contributed by atoms with Crippen LogP contribution in [0.5, 0.6) is 5.88 Å². The maximum atomic E-state index is 15.3. The smallest absolute Gasteiger partial charge is 0.335 e. The zero-order valence-electron chi connectivity index (χ0n) is 23.9. The third kappa shape index (κ3) is 6.62. The summed E-state index contributed by atoms with van der Waals surface area (Å²) >= 11 is 0. The molecular weight excluding hydrogens is 543 g/mol. The Balaban J connectivity index is 0.00000198. The van der Waals surface area contributed by atoms with E-state index in [2.05, 4.69) is 9.97 Å². The van der Waals surface area contributed by atoms with Gasteiger partial charge in [0.2, 0.25) is 5.88 Å². The topological polar surface area (TPSA) is 77.2 Å². The predicted octanol–water partition coefficient (Wildman–Crippen LogP) is 8.13. The maximum Gasteiger partial charge on any atom is 0.335 e. The molecule has 0 fully saturated rings. The van der Waals surface area contributed by atoms with Gasteiger partial charge in [-0.1, -0.05) is 39.0 Å². The minimum atomic E-state index is -1.05. The predicted molar refractivity (Wildman–Crippen MR) is 156 cm³/mol. The summed E-state index contributed by atoms with van der Waals surface area (Å²) in [5, 5.41) is 9.36. The van der Waals surface area contributed by atoms with E-state index in [9.17, 15) is 14.3 Å². The zero-order valence-corrected chi connectivity index (χ0v) is 23.9. The number of imidazole rings is 1. The molecule has 0 aliphatic heterocycles. The van der Waals surface area contributed by atoms with E-state index in [0.717, 1.165) is 24.1 Å². The monoisotopic (exact) mass is 575 g/mol. The Morgan fingerprint density at radius 2 is 1.67 bits per heavy atom. The molecule has 218 valence electrons. The number of hydrogen-bond donors (Lipinski definition) is 1. The van der Waals surface area contributed by atoms with E-state index in [1.807, 2.05) is 25.3 Å². The van der Waals surface area contributed by atoms with Crippen LogP contribution in [0.2, 0.25) is 0 Å². The molecule has 42 heavy (non-hydrogen) atoms. The minimum Gasteiger partial charge on any atom is -0.478 e. The van der Waals surface area contributed by atoms with E-state index in [1.54, 1.807) is 37.3 Å². The number of aromatic nitrogens is 3. The fraction of sp³-hybridized carbons (Fsp3) is 0.242. The molecule has 5 rings (SSSR count). The van der Waals surface area contributed by atoms with Crippen molar-refractivity contribution in [3.8, 4) is 17.1 Å². The molecule has 9 heteroatoms. The molecule has 5 aromatic rings. The van der Waals surface area contributed by atoms with Crippen molar-refractivity contribution < 1.29 is 27.8 Å². The van der Waals surface area contributed by atoms with Crippen molar-refractivity contribution in [2.75, 3.05) is 0 Å². The van der Waals surface area contributed by atoms with Gasteiger partial charge in [-0.25, -0.2) is 27.9 Å². The number of aryl methyl sites for hydroxylation is 2. The lowest BCUT2D eigenvalue weighted by molar-refractivity contribution is 0.0697. The highest BCUT2D eigenvalue weighted by Gasteiger charge is 2.18. The van der Waals surface area contributed by atoms with Gasteiger partial charge < -0.3 is 14.4 Å². The average Bonchev–Trinajstić information content (AvgIpc) is 3.31. The van der Waals surface area contributed by atoms with Crippen LogP contribution in [0.1, 0.15) is 60.1 Å². The van der Waals surface area contributed by atoms with Gasteiger partial charge in [0.25, 0.3) is 0 Å². The Kier molecular flexibility index (Phi) is 9.62. The van der Waals surface area contributed by atoms with Gasteiger partial charge in [0, 0.05) is 30.2 Å². The van der Waals surface area contributed by atoms with Gasteiger partial charge in [0.15, 0.2) is 0 Å². The normalized spacial score (nSPS) is 10.8. The molecule has 6 nitrogen and oxygen atoms in total. The highest BCUT2D eigenvalue weighted by molar-refractivity contribution is 5.92. The van der Waals surface area contributed by atoms with E-state index >= 15 is 8.78 Å². The molecule has 0 saturated heterocycles. The molecule has 0 saturated carbocycles. The first kappa shape index (κ1) is 30.3. The molecule has 2 aromatic heterocycles. The van der Waals surface area contributed by atoms with E-state index in [1.165, 1.54) is 24.3 Å². The van der Waals surface area contributed by atoms with Crippen LogP contribution in [0, 0.1) is 24.4 Å². The number of hydrogen-bond acceptors (Lipinski definition) is 4. The molecule has 0 bridgehead atoms. The Morgan fingerprint density at radius 1 is 0.905 bits per heavy atom. The van der Waals surface area contributed by atoms with Gasteiger partial charge in [-0.2, -0.15) is 0 Å². The summed E-state index contributed by atoms with van der Waals surface area (Å²) in [7, 11) is 0. The van der Waals surface area contributed by atoms with Crippen LogP contribution in [0.3, 0.4) is 0 Å². The molecular formula is C33H32F3N3O3. The van der Waals surface area contributed by atoms with Crippen molar-refractivity contribution in [2.45, 2.75) is 53.7 Å². The van der Waals surface area contributed by atoms with Gasteiger partial charge >= 0.3 is 5.97 Å². The number of nitrogens with zero attached hydrogens (tertiary/aromatic N) is 3. The van der Waals surface area contributed by atoms with Crippen molar-refractivity contribution >= 4 is 17.0 Å². The molecule has 0 aliphatic rings. The van der Waals surface area contributed by atoms with Crippen LogP contribution in [0.15, 0.2) is 66.7 Å². The third-order valence-corrected chi connectivity index (χ3v) is 6.59. The van der Waals surface area contributed by atoms with Crippen LogP contribution < -0.4 is 4.74 Å². The minimum absolute atomic E-state index is 0.0127. The summed E-state index contributed by atoms with van der Waals surface area (Å²) in [5.74, 6) is -2.10. The van der Waals surface area contributed by atoms with E-state index in [0.29, 0.717) is 29.0 Å². The fourth-order valence-electron chi connectivity index (χ4n) is 4.57. The van der Waals surface area contributed by atoms with Crippen LogP contribution in [-0.2, 0) is 19.6 Å². The zero-order chi connectivity index (χ0) is 30.4. The second kappa shape index (κ2) is 13.3. The molecule has 0 amide bonds. The van der Waals surface area contributed by atoms with E-state index in [4.69, 9.17) is 4.74 Å². The quantitative estimate of drug-likeness (QED) is 0.192. The van der Waals surface area contributed by atoms with Gasteiger partial charge in [-0.3, -0.25) is 0 Å². The molecule has 2 heterocycles. The number of carboxylic acid groups (broad SMARTS) is 1. The highest BCUT2D eigenvalue weighted by Crippen LogP contribution is 2.28. The van der Waals surface area contributed by atoms with Crippen molar-refractivity contribution in [3.05, 3.63) is 112 Å². The number of fused-ring (bicyclic) bond motifs is 1. The summed E-state index contributed by atoms with van der Waals surface area (Å²) in [6.07, 6.45) is 0.755. The van der Waals surface area contributed by atoms with E-state index < -0.39 is 23.4 Å². The van der Waals surface area contributed by atoms with E-state index in [-0.39, 0.29) is 41.3 Å². The summed E-state index contributed by atoms with van der Waals surface area (Å²) < 4.78 is 52.2. The standard InChI is InChI=1S/C31H26F3N3O3.C2H6/c1-3-11-37-28-14-19(31(38)39)9-10-27(28)35-29(37)15-21-13-25(34)22(16-24(21)33)26-5-4-6-30(36-26)40-17-20-8-7-18(2)12-23(20)32;1-2/h4-10,12-14,16H,3,11,15,17H2,1-2H3,(H,38,39);1-2H3. The highest BCUT2D eigenvalue weighted by atomic mass is 19.1. The second-order valence-electron chi connectivity index (χ2n) is 9.53. The van der Waals surface area contributed by atoms with Crippen molar-refractivity contribution in [1.82, 2.24) is 14.5 Å². The summed E-state index contributed by atoms with van der Waals surface area (Å²) in [5.41, 5.74) is 2.71. The first-order valence-electron chi connectivity index (χ1n) is 13.8. The summed E-state index contributed by atoms with van der Waals surface area (Å²) in [6, 6.07) is 16.3. The number of carboxylic acids is 1. The largest absolute Gasteiger partial charge is 0.478 e. The number of halogens is 3. The first-order valence-corrected chi connectivity index (χ1v) is 13.8.